The highest BCUT2D eigenvalue weighted by Gasteiger charge is 2.16. The Morgan fingerprint density at radius 3 is 1.37 bits per heavy atom. The van der Waals surface area contributed by atoms with Gasteiger partial charge in [-0.1, -0.05) is 146 Å². The molecule has 224 valence electrons. The molecule has 3 nitrogen and oxygen atoms in total. The van der Waals surface area contributed by atoms with Gasteiger partial charge in [-0.15, -0.1) is 0 Å². The fraction of sp³-hybridized carbons (Fsp3) is 0.526. The molecule has 0 aliphatic heterocycles. The van der Waals surface area contributed by atoms with Crippen LogP contribution < -0.4 is 9.47 Å². The van der Waals surface area contributed by atoms with Gasteiger partial charge in [-0.25, -0.2) is 0 Å². The van der Waals surface area contributed by atoms with Crippen molar-refractivity contribution in [3.63, 3.8) is 0 Å². The molecule has 1 N–H and O–H groups in total. The second-order valence-electron chi connectivity index (χ2n) is 11.5. The van der Waals surface area contributed by atoms with Crippen molar-refractivity contribution in [1.82, 2.24) is 0 Å². The van der Waals surface area contributed by atoms with Crippen LogP contribution in [-0.2, 0) is 12.8 Å². The Kier molecular flexibility index (Phi) is 15.9. The van der Waals surface area contributed by atoms with Crippen LogP contribution in [-0.4, -0.2) is 5.11 Å². The van der Waals surface area contributed by atoms with Crippen molar-refractivity contribution in [1.29, 1.82) is 0 Å². The van der Waals surface area contributed by atoms with E-state index in [-0.39, 0.29) is 5.75 Å². The molecule has 3 aromatic rings. The van der Waals surface area contributed by atoms with Gasteiger partial charge in [-0.3, -0.25) is 0 Å². The Balaban J connectivity index is 1.58. The minimum atomic E-state index is 0.0879. The van der Waals surface area contributed by atoms with Gasteiger partial charge in [0.15, 0.2) is 11.5 Å². The minimum absolute atomic E-state index is 0.0879. The van der Waals surface area contributed by atoms with Gasteiger partial charge in [0.2, 0.25) is 5.75 Å². The zero-order chi connectivity index (χ0) is 29.0. The van der Waals surface area contributed by atoms with Gasteiger partial charge in [-0.2, -0.15) is 0 Å². The molecule has 0 amide bonds. The Morgan fingerprint density at radius 2 is 0.854 bits per heavy atom. The lowest BCUT2D eigenvalue weighted by atomic mass is 10.0. The number of hydrogen-bond donors (Lipinski definition) is 1. The smallest absolute Gasteiger partial charge is 0.211 e. The zero-order valence-corrected chi connectivity index (χ0v) is 25.8. The molecule has 0 fully saturated rings. The Bertz CT molecular complexity index is 1110. The van der Waals surface area contributed by atoms with Crippen LogP contribution in [0.1, 0.15) is 128 Å². The van der Waals surface area contributed by atoms with Crippen LogP contribution >= 0.6 is 0 Å². The molecule has 3 rings (SSSR count). The standard InChI is InChI=1S/C38H54O3/c1-3-5-7-9-11-13-15-17-24-32-26-19-21-29-35(32)40-37-31-23-28-34(39)38(37)41-36-30-22-20-27-33(36)25-18-16-14-12-10-8-6-4-2/h19-23,26-31,39H,3-18,24-25H2,1-2H3. The number of aromatic hydroxyl groups is 1. The largest absolute Gasteiger partial charge is 0.504 e. The molecule has 3 aromatic carbocycles. The molecule has 0 heterocycles. The van der Waals surface area contributed by atoms with E-state index in [1.165, 1.54) is 101 Å². The highest BCUT2D eigenvalue weighted by Crippen LogP contribution is 2.43. The molecule has 0 saturated carbocycles. The molecule has 41 heavy (non-hydrogen) atoms. The van der Waals surface area contributed by atoms with Crippen LogP contribution in [0.3, 0.4) is 0 Å². The van der Waals surface area contributed by atoms with Crippen molar-refractivity contribution < 1.29 is 14.6 Å². The highest BCUT2D eigenvalue weighted by atomic mass is 16.5. The second-order valence-corrected chi connectivity index (χ2v) is 11.5. The molecule has 0 spiro atoms. The third-order valence-corrected chi connectivity index (χ3v) is 7.93. The third kappa shape index (κ3) is 12.2. The first-order valence-corrected chi connectivity index (χ1v) is 16.6. The maximum absolute atomic E-state index is 10.8. The van der Waals surface area contributed by atoms with Gasteiger partial charge < -0.3 is 14.6 Å². The fourth-order valence-electron chi connectivity index (χ4n) is 5.43. The van der Waals surface area contributed by atoms with Crippen LogP contribution in [0, 0.1) is 0 Å². The maximum atomic E-state index is 10.8. The van der Waals surface area contributed by atoms with E-state index in [0.29, 0.717) is 11.5 Å². The number of rotatable bonds is 22. The number of phenolic OH excluding ortho intramolecular Hbond substituents is 1. The summed E-state index contributed by atoms with van der Waals surface area (Å²) in [5.41, 5.74) is 2.37. The molecule has 0 radical (unpaired) electrons. The van der Waals surface area contributed by atoms with Gasteiger partial charge in [0, 0.05) is 0 Å². The highest BCUT2D eigenvalue weighted by molar-refractivity contribution is 5.55. The van der Waals surface area contributed by atoms with E-state index in [2.05, 4.69) is 38.1 Å². The Morgan fingerprint density at radius 1 is 0.439 bits per heavy atom. The predicted octanol–water partition coefficient (Wildman–Crippen LogP) is 12.3. The monoisotopic (exact) mass is 558 g/mol. The lowest BCUT2D eigenvalue weighted by Gasteiger charge is -2.17. The van der Waals surface area contributed by atoms with Crippen LogP contribution in [0.5, 0.6) is 28.7 Å². The molecule has 0 saturated heterocycles. The summed E-state index contributed by atoms with van der Waals surface area (Å²) >= 11 is 0. The summed E-state index contributed by atoms with van der Waals surface area (Å²) in [5, 5.41) is 10.8. The van der Waals surface area contributed by atoms with Crippen molar-refractivity contribution in [2.24, 2.45) is 0 Å². The van der Waals surface area contributed by atoms with Crippen molar-refractivity contribution in [3.05, 3.63) is 77.9 Å². The lowest BCUT2D eigenvalue weighted by molar-refractivity contribution is 0.377. The quantitative estimate of drug-likeness (QED) is 0.125. The number of hydrogen-bond acceptors (Lipinski definition) is 3. The van der Waals surface area contributed by atoms with Crippen LogP contribution in [0.4, 0.5) is 0 Å². The number of benzene rings is 3. The van der Waals surface area contributed by atoms with Crippen molar-refractivity contribution in [2.45, 2.75) is 129 Å². The zero-order valence-electron chi connectivity index (χ0n) is 25.8. The molecule has 3 heteroatoms. The average Bonchev–Trinajstić information content (AvgIpc) is 2.99. The van der Waals surface area contributed by atoms with Crippen LogP contribution in [0.15, 0.2) is 66.7 Å². The molecule has 0 aromatic heterocycles. The van der Waals surface area contributed by atoms with Crippen molar-refractivity contribution in [3.8, 4) is 28.7 Å². The van der Waals surface area contributed by atoms with Gasteiger partial charge in [0.25, 0.3) is 0 Å². The Hall–Kier alpha value is -2.94. The molecular formula is C38H54O3. The first kappa shape index (κ1) is 32.6. The summed E-state index contributed by atoms with van der Waals surface area (Å²) in [4.78, 5) is 0. The summed E-state index contributed by atoms with van der Waals surface area (Å²) in [5.74, 6) is 2.62. The summed E-state index contributed by atoms with van der Waals surface area (Å²) in [6.07, 6.45) is 22.8. The summed E-state index contributed by atoms with van der Waals surface area (Å²) in [6, 6.07) is 21.8. The number of phenols is 1. The molecule has 0 aliphatic rings. The van der Waals surface area contributed by atoms with Gasteiger partial charge in [0.1, 0.15) is 11.5 Å². The Labute approximate surface area is 250 Å². The van der Waals surface area contributed by atoms with Gasteiger partial charge >= 0.3 is 0 Å². The SMILES string of the molecule is CCCCCCCCCCc1ccccc1Oc1cccc(O)c1Oc1ccccc1CCCCCCCCCC. The van der Waals surface area contributed by atoms with E-state index >= 15 is 0 Å². The summed E-state index contributed by atoms with van der Waals surface area (Å²) in [7, 11) is 0. The first-order chi connectivity index (χ1) is 20.2. The number of para-hydroxylation sites is 3. The average molecular weight is 559 g/mol. The fourth-order valence-corrected chi connectivity index (χ4v) is 5.43. The van der Waals surface area contributed by atoms with E-state index in [0.717, 1.165) is 37.2 Å². The van der Waals surface area contributed by atoms with E-state index in [9.17, 15) is 5.11 Å². The molecule has 0 atom stereocenters. The molecule has 0 unspecified atom stereocenters. The number of aryl methyl sites for hydroxylation is 2. The molecule has 0 aliphatic carbocycles. The first-order valence-electron chi connectivity index (χ1n) is 16.6. The third-order valence-electron chi connectivity index (χ3n) is 7.93. The van der Waals surface area contributed by atoms with E-state index in [1.807, 2.05) is 36.4 Å². The summed E-state index contributed by atoms with van der Waals surface area (Å²) < 4.78 is 12.8. The van der Waals surface area contributed by atoms with E-state index in [1.54, 1.807) is 6.07 Å². The number of ether oxygens (including phenoxy) is 2. The van der Waals surface area contributed by atoms with Crippen LogP contribution in [0.25, 0.3) is 0 Å². The lowest BCUT2D eigenvalue weighted by Crippen LogP contribution is -1.97. The second kappa shape index (κ2) is 20.0. The maximum Gasteiger partial charge on any atom is 0.211 e. The van der Waals surface area contributed by atoms with Gasteiger partial charge in [-0.05, 0) is 61.1 Å². The van der Waals surface area contributed by atoms with Crippen molar-refractivity contribution >= 4 is 0 Å². The van der Waals surface area contributed by atoms with Crippen LogP contribution in [0.2, 0.25) is 0 Å². The molecular weight excluding hydrogens is 504 g/mol. The summed E-state index contributed by atoms with van der Waals surface area (Å²) in [6.45, 7) is 4.53. The number of unbranched alkanes of at least 4 members (excludes halogenated alkanes) is 14. The molecule has 0 bridgehead atoms. The van der Waals surface area contributed by atoms with Crippen molar-refractivity contribution in [2.75, 3.05) is 0 Å². The van der Waals surface area contributed by atoms with E-state index < -0.39 is 0 Å². The normalized spacial score (nSPS) is 11.1. The van der Waals surface area contributed by atoms with E-state index in [4.69, 9.17) is 9.47 Å². The van der Waals surface area contributed by atoms with Gasteiger partial charge in [0.05, 0.1) is 0 Å². The topological polar surface area (TPSA) is 38.7 Å². The minimum Gasteiger partial charge on any atom is -0.504 e. The predicted molar refractivity (Wildman–Crippen MR) is 174 cm³/mol.